The van der Waals surface area contributed by atoms with Gasteiger partial charge in [-0.25, -0.2) is 4.79 Å². The minimum atomic E-state index is -0.972. The second kappa shape index (κ2) is 20.1. The summed E-state index contributed by atoms with van der Waals surface area (Å²) >= 11 is 0. The van der Waals surface area contributed by atoms with Crippen LogP contribution < -0.4 is 26.8 Å². The van der Waals surface area contributed by atoms with Crippen molar-refractivity contribution in [3.63, 3.8) is 0 Å². The number of H-pyrrole nitrogens is 1. The van der Waals surface area contributed by atoms with Gasteiger partial charge in [0.15, 0.2) is 0 Å². The molecule has 13 heteroatoms. The molecule has 1 aliphatic rings. The number of halogens is 2. The number of nitrogens with zero attached hydrogens (tertiary/aromatic N) is 1. The second-order valence-corrected chi connectivity index (χ2v) is 13.8. The molecule has 0 saturated heterocycles. The van der Waals surface area contributed by atoms with Crippen LogP contribution in [0.1, 0.15) is 61.3 Å². The van der Waals surface area contributed by atoms with E-state index in [0.717, 1.165) is 47.9 Å². The Morgan fingerprint density at radius 1 is 0.873 bits per heavy atom. The molecule has 4 aromatic carbocycles. The standard InChI is InChI=1S/C42H47N5O6.2ClH/c43-30-12-16-32(17-13-30)47(42(52)53)36-25-28(11-18-33(36)29-6-2-1-3-7-29)5-4-8-39(50)45-31-14-9-27(10-15-31)23-24-44-26-38(49)34-19-21-37(48)41-35(34)20-22-40(51)46-41;;/h1-3,6-7,9-11,14-15,18-22,25,30,32,38,44,48-49H,4-5,8,12-13,16-17,23-24,26,43H2,(H,45,50)(H,46,51)(H,52,53);2*1H/t30-,32-,38-;;/m0../s1. The predicted octanol–water partition coefficient (Wildman–Crippen LogP) is 7.33. The fourth-order valence-corrected chi connectivity index (χ4v) is 7.17. The molecule has 1 fully saturated rings. The van der Waals surface area contributed by atoms with E-state index in [1.54, 1.807) is 12.1 Å². The van der Waals surface area contributed by atoms with Crippen molar-refractivity contribution >= 4 is 59.1 Å². The number of amides is 2. The molecule has 6 rings (SSSR count). The van der Waals surface area contributed by atoms with Crippen LogP contribution in [0.2, 0.25) is 0 Å². The Morgan fingerprint density at radius 2 is 1.58 bits per heavy atom. The maximum Gasteiger partial charge on any atom is 0.412 e. The quantitative estimate of drug-likeness (QED) is 0.0572. The highest BCUT2D eigenvalue weighted by atomic mass is 35.5. The number of hydrogen-bond donors (Lipinski definition) is 7. The summed E-state index contributed by atoms with van der Waals surface area (Å²) < 4.78 is 0. The van der Waals surface area contributed by atoms with Gasteiger partial charge in [-0.1, -0.05) is 60.7 Å². The van der Waals surface area contributed by atoms with Crippen LogP contribution in [0.5, 0.6) is 5.75 Å². The third-order valence-electron chi connectivity index (χ3n) is 10.0. The van der Waals surface area contributed by atoms with Gasteiger partial charge in [-0.05, 0) is 104 Å². The number of carbonyl (C=O) groups excluding carboxylic acids is 1. The Kier molecular flexibility index (Phi) is 15.7. The minimum absolute atomic E-state index is 0. The molecule has 2 amide bonds. The highest BCUT2D eigenvalue weighted by Crippen LogP contribution is 2.36. The summed E-state index contributed by atoms with van der Waals surface area (Å²) in [6.07, 6.45) is 3.49. The number of aryl methyl sites for hydroxylation is 1. The summed E-state index contributed by atoms with van der Waals surface area (Å²) in [5, 5.41) is 38.1. The van der Waals surface area contributed by atoms with Crippen molar-refractivity contribution in [3.8, 4) is 16.9 Å². The second-order valence-electron chi connectivity index (χ2n) is 13.8. The van der Waals surface area contributed by atoms with Crippen molar-refractivity contribution in [1.29, 1.82) is 0 Å². The van der Waals surface area contributed by atoms with E-state index in [1.165, 1.54) is 17.0 Å². The molecule has 55 heavy (non-hydrogen) atoms. The van der Waals surface area contributed by atoms with E-state index in [0.29, 0.717) is 66.6 Å². The van der Waals surface area contributed by atoms with Crippen molar-refractivity contribution in [2.24, 2.45) is 5.73 Å². The first-order valence-corrected chi connectivity index (χ1v) is 18.2. The number of nitrogens with two attached hydrogens (primary N) is 1. The smallest absolute Gasteiger partial charge is 0.412 e. The summed E-state index contributed by atoms with van der Waals surface area (Å²) in [4.78, 5) is 41.4. The predicted molar refractivity (Wildman–Crippen MR) is 223 cm³/mol. The third-order valence-corrected chi connectivity index (χ3v) is 10.0. The maximum absolute atomic E-state index is 12.9. The van der Waals surface area contributed by atoms with Crippen LogP contribution in [-0.4, -0.2) is 57.5 Å². The van der Waals surface area contributed by atoms with E-state index in [4.69, 9.17) is 5.73 Å². The molecule has 1 atom stereocenters. The number of benzene rings is 4. The number of aliphatic hydroxyl groups is 1. The first-order valence-electron chi connectivity index (χ1n) is 18.2. The average molecular weight is 791 g/mol. The molecule has 0 unspecified atom stereocenters. The number of aromatic nitrogens is 1. The number of aromatic hydroxyl groups is 1. The molecule has 1 aromatic heterocycles. The summed E-state index contributed by atoms with van der Waals surface area (Å²) in [7, 11) is 0. The lowest BCUT2D eigenvalue weighted by Crippen LogP contribution is -2.44. The number of anilines is 2. The number of aromatic amines is 1. The number of fused-ring (bicyclic) bond motifs is 1. The Balaban J connectivity index is 0.00000336. The van der Waals surface area contributed by atoms with Gasteiger partial charge in [0.25, 0.3) is 0 Å². The fraction of sp³-hybridized carbons (Fsp3) is 0.310. The number of carboxylic acid groups (broad SMARTS) is 1. The van der Waals surface area contributed by atoms with Gasteiger partial charge in [-0.2, -0.15) is 0 Å². The van der Waals surface area contributed by atoms with E-state index < -0.39 is 12.2 Å². The zero-order valence-corrected chi connectivity index (χ0v) is 32.1. The normalized spacial score (nSPS) is 15.7. The molecule has 1 saturated carbocycles. The Hall–Kier alpha value is -4.91. The number of phenolic OH excluding ortho intramolecular Hbond substituents is 1. The summed E-state index contributed by atoms with van der Waals surface area (Å²) in [5.41, 5.74) is 12.0. The number of carbonyl (C=O) groups is 2. The van der Waals surface area contributed by atoms with Crippen molar-refractivity contribution in [2.45, 2.75) is 69.6 Å². The number of nitrogens with one attached hydrogen (secondary N) is 3. The monoisotopic (exact) mass is 789 g/mol. The average Bonchev–Trinajstić information content (AvgIpc) is 3.15. The van der Waals surface area contributed by atoms with Gasteiger partial charge in [-0.3, -0.25) is 14.5 Å². The van der Waals surface area contributed by atoms with Crippen molar-refractivity contribution in [1.82, 2.24) is 10.3 Å². The number of rotatable bonds is 14. The topological polar surface area (TPSA) is 181 Å². The molecule has 5 aromatic rings. The highest BCUT2D eigenvalue weighted by molar-refractivity contribution is 5.94. The minimum Gasteiger partial charge on any atom is -0.506 e. The van der Waals surface area contributed by atoms with Gasteiger partial charge < -0.3 is 36.7 Å². The molecule has 292 valence electrons. The third kappa shape index (κ3) is 11.1. The zero-order chi connectivity index (χ0) is 37.3. The number of pyridine rings is 1. The summed E-state index contributed by atoms with van der Waals surface area (Å²) in [6.45, 7) is 0.905. The lowest BCUT2D eigenvalue weighted by molar-refractivity contribution is -0.116. The van der Waals surface area contributed by atoms with Gasteiger partial charge in [-0.15, -0.1) is 24.8 Å². The first-order chi connectivity index (χ1) is 25.7. The molecule has 1 heterocycles. The van der Waals surface area contributed by atoms with Crippen LogP contribution >= 0.6 is 24.8 Å². The SMILES string of the molecule is Cl.Cl.N[C@H]1CC[C@H](N(C(=O)O)c2cc(CCCC(=O)Nc3ccc(CCNC[C@H](O)c4ccc(O)c5[nH]c(=O)ccc45)cc3)ccc2-c2ccccc2)CC1. The molecule has 0 aliphatic heterocycles. The molecule has 11 nitrogen and oxygen atoms in total. The maximum atomic E-state index is 12.9. The molecule has 0 bridgehead atoms. The van der Waals surface area contributed by atoms with Gasteiger partial charge in [0.2, 0.25) is 11.5 Å². The number of hydrogen-bond acceptors (Lipinski definition) is 7. The van der Waals surface area contributed by atoms with Gasteiger partial charge in [0.1, 0.15) is 5.75 Å². The zero-order valence-electron chi connectivity index (χ0n) is 30.4. The van der Waals surface area contributed by atoms with Crippen molar-refractivity contribution in [3.05, 3.63) is 124 Å². The van der Waals surface area contributed by atoms with Crippen molar-refractivity contribution < 1.29 is 24.9 Å². The van der Waals surface area contributed by atoms with Crippen molar-refractivity contribution in [2.75, 3.05) is 23.3 Å². The Bertz CT molecular complexity index is 2090. The van der Waals surface area contributed by atoms with Crippen LogP contribution in [0, 0.1) is 0 Å². The Labute approximate surface area is 332 Å². The molecular weight excluding hydrogens is 741 g/mol. The molecule has 0 spiro atoms. The number of aliphatic hydroxyl groups excluding tert-OH is 1. The first kappa shape index (κ1) is 42.8. The van der Waals surface area contributed by atoms with E-state index in [2.05, 4.69) is 15.6 Å². The highest BCUT2D eigenvalue weighted by Gasteiger charge is 2.30. The van der Waals surface area contributed by atoms with Gasteiger partial charge in [0, 0.05) is 47.8 Å². The van der Waals surface area contributed by atoms with E-state index in [9.17, 15) is 29.7 Å². The lowest BCUT2D eigenvalue weighted by Gasteiger charge is -2.35. The van der Waals surface area contributed by atoms with Gasteiger partial charge in [0.05, 0.1) is 17.3 Å². The largest absolute Gasteiger partial charge is 0.506 e. The van der Waals surface area contributed by atoms with Crippen LogP contribution in [0.25, 0.3) is 22.0 Å². The molecule has 8 N–H and O–H groups in total. The van der Waals surface area contributed by atoms with Gasteiger partial charge >= 0.3 is 6.09 Å². The molecule has 1 aliphatic carbocycles. The van der Waals surface area contributed by atoms with Crippen LogP contribution in [0.3, 0.4) is 0 Å². The number of phenols is 1. The van der Waals surface area contributed by atoms with Crippen LogP contribution in [-0.2, 0) is 17.6 Å². The van der Waals surface area contributed by atoms with Crippen LogP contribution in [0.15, 0.2) is 102 Å². The summed E-state index contributed by atoms with van der Waals surface area (Å²) in [5.74, 6) is -0.141. The van der Waals surface area contributed by atoms with Crippen LogP contribution in [0.4, 0.5) is 16.2 Å². The Morgan fingerprint density at radius 3 is 2.29 bits per heavy atom. The fourth-order valence-electron chi connectivity index (χ4n) is 7.17. The molecule has 0 radical (unpaired) electrons. The summed E-state index contributed by atoms with van der Waals surface area (Å²) in [6, 6.07) is 29.5. The molecular formula is C42H49Cl2N5O6. The van der Waals surface area contributed by atoms with E-state index in [-0.39, 0.29) is 54.1 Å². The lowest BCUT2D eigenvalue weighted by atomic mass is 9.89. The van der Waals surface area contributed by atoms with E-state index >= 15 is 0 Å². The van der Waals surface area contributed by atoms with E-state index in [1.807, 2.05) is 72.8 Å².